The Morgan fingerprint density at radius 1 is 1.37 bits per heavy atom. The van der Waals surface area contributed by atoms with E-state index in [1.807, 2.05) is 18.2 Å². The van der Waals surface area contributed by atoms with Crippen LogP contribution in [0.4, 0.5) is 0 Å². The predicted octanol–water partition coefficient (Wildman–Crippen LogP) is 4.80. The summed E-state index contributed by atoms with van der Waals surface area (Å²) in [7, 11) is 0. The molecule has 0 spiro atoms. The van der Waals surface area contributed by atoms with E-state index in [0.29, 0.717) is 11.3 Å². The van der Waals surface area contributed by atoms with Crippen molar-refractivity contribution in [1.82, 2.24) is 5.32 Å². The molecule has 1 saturated heterocycles. The molecule has 1 aliphatic heterocycles. The number of hydrogen-bond acceptors (Lipinski definition) is 2. The van der Waals surface area contributed by atoms with E-state index < -0.39 is 0 Å². The van der Waals surface area contributed by atoms with Gasteiger partial charge in [0, 0.05) is 21.3 Å². The zero-order valence-electron chi connectivity index (χ0n) is 11.3. The van der Waals surface area contributed by atoms with E-state index in [0.717, 1.165) is 28.6 Å². The van der Waals surface area contributed by atoms with E-state index in [2.05, 4.69) is 24.0 Å². The fourth-order valence-electron chi connectivity index (χ4n) is 2.62. The molecule has 1 aromatic rings. The zero-order chi connectivity index (χ0) is 13.7. The highest BCUT2D eigenvalue weighted by Crippen LogP contribution is 2.30. The minimum absolute atomic E-state index is 0.492. The van der Waals surface area contributed by atoms with Crippen molar-refractivity contribution in [2.75, 3.05) is 12.3 Å². The van der Waals surface area contributed by atoms with Gasteiger partial charge in [-0.15, -0.1) is 0 Å². The molecule has 0 saturated carbocycles. The van der Waals surface area contributed by atoms with Crippen LogP contribution in [0.15, 0.2) is 18.2 Å². The fraction of sp³-hybridized carbons (Fsp3) is 0.600. The monoisotopic (exact) mass is 317 g/mol. The van der Waals surface area contributed by atoms with E-state index >= 15 is 0 Å². The first-order valence-corrected chi connectivity index (χ1v) is 8.80. The molecular formula is C15H21Cl2NS. The molecule has 0 radical (unpaired) electrons. The third kappa shape index (κ3) is 4.56. The second kappa shape index (κ2) is 7.78. The molecule has 1 nitrogen and oxygen atoms in total. The van der Waals surface area contributed by atoms with E-state index in [9.17, 15) is 0 Å². The summed E-state index contributed by atoms with van der Waals surface area (Å²) >= 11 is 14.5. The number of nitrogens with one attached hydrogen (secondary N) is 1. The van der Waals surface area contributed by atoms with Crippen LogP contribution in [0, 0.1) is 0 Å². The highest BCUT2D eigenvalue weighted by atomic mass is 35.5. The van der Waals surface area contributed by atoms with E-state index in [-0.39, 0.29) is 0 Å². The molecule has 19 heavy (non-hydrogen) atoms. The van der Waals surface area contributed by atoms with Gasteiger partial charge < -0.3 is 5.32 Å². The largest absolute Gasteiger partial charge is 0.313 e. The van der Waals surface area contributed by atoms with Gasteiger partial charge in [0.2, 0.25) is 0 Å². The fourth-order valence-corrected chi connectivity index (χ4v) is 4.44. The number of halogens is 2. The smallest absolute Gasteiger partial charge is 0.0439 e. The Hall–Kier alpha value is 0.110. The standard InChI is InChI=1S/C15H21Cl2NS/c1-2-18-14(15-5-3-4-8-19-15)10-11-9-12(16)6-7-13(11)17/h6-7,9,14-15,18H,2-5,8,10H2,1H3. The van der Waals surface area contributed by atoms with Crippen LogP contribution < -0.4 is 5.32 Å². The van der Waals surface area contributed by atoms with Gasteiger partial charge in [0.25, 0.3) is 0 Å². The van der Waals surface area contributed by atoms with Crippen molar-refractivity contribution in [1.29, 1.82) is 0 Å². The summed E-state index contributed by atoms with van der Waals surface area (Å²) in [5.41, 5.74) is 1.16. The van der Waals surface area contributed by atoms with Crippen LogP contribution in [0.3, 0.4) is 0 Å². The Kier molecular flexibility index (Phi) is 6.34. The molecule has 1 heterocycles. The van der Waals surface area contributed by atoms with Crippen molar-refractivity contribution in [3.8, 4) is 0 Å². The molecule has 2 unspecified atom stereocenters. The summed E-state index contributed by atoms with van der Waals surface area (Å²) in [5, 5.41) is 5.92. The molecule has 1 aliphatic rings. The lowest BCUT2D eigenvalue weighted by molar-refractivity contribution is 0.472. The van der Waals surface area contributed by atoms with Gasteiger partial charge >= 0.3 is 0 Å². The molecule has 0 aliphatic carbocycles. The molecule has 2 atom stereocenters. The lowest BCUT2D eigenvalue weighted by Crippen LogP contribution is -2.41. The third-order valence-corrected chi connectivity index (χ3v) is 5.70. The predicted molar refractivity (Wildman–Crippen MR) is 87.7 cm³/mol. The van der Waals surface area contributed by atoms with Gasteiger partial charge in [-0.2, -0.15) is 11.8 Å². The van der Waals surface area contributed by atoms with E-state index in [1.165, 1.54) is 25.0 Å². The summed E-state index contributed by atoms with van der Waals surface area (Å²) in [6.07, 6.45) is 4.98. The highest BCUT2D eigenvalue weighted by Gasteiger charge is 2.24. The zero-order valence-corrected chi connectivity index (χ0v) is 13.6. The van der Waals surface area contributed by atoms with Crippen molar-refractivity contribution >= 4 is 35.0 Å². The normalized spacial score (nSPS) is 21.3. The number of thioether (sulfide) groups is 1. The number of benzene rings is 1. The molecule has 106 valence electrons. The van der Waals surface area contributed by atoms with Gasteiger partial charge in [-0.1, -0.05) is 36.5 Å². The maximum Gasteiger partial charge on any atom is 0.0439 e. The minimum Gasteiger partial charge on any atom is -0.313 e. The van der Waals surface area contributed by atoms with Crippen LogP contribution >= 0.6 is 35.0 Å². The summed E-state index contributed by atoms with van der Waals surface area (Å²) in [6.45, 7) is 3.17. The lowest BCUT2D eigenvalue weighted by atomic mass is 9.99. The quantitative estimate of drug-likeness (QED) is 0.837. The van der Waals surface area contributed by atoms with Gasteiger partial charge in [0.1, 0.15) is 0 Å². The van der Waals surface area contributed by atoms with Gasteiger partial charge in [0.05, 0.1) is 0 Å². The van der Waals surface area contributed by atoms with Gasteiger partial charge in [0.15, 0.2) is 0 Å². The summed E-state index contributed by atoms with van der Waals surface area (Å²) in [5.74, 6) is 1.29. The second-order valence-electron chi connectivity index (χ2n) is 5.01. The lowest BCUT2D eigenvalue weighted by Gasteiger charge is -2.30. The summed E-state index contributed by atoms with van der Waals surface area (Å²) < 4.78 is 0. The maximum atomic E-state index is 6.29. The van der Waals surface area contributed by atoms with Crippen LogP contribution in [-0.2, 0) is 6.42 Å². The Labute approximate surface area is 130 Å². The minimum atomic E-state index is 0.492. The summed E-state index contributed by atoms with van der Waals surface area (Å²) in [6, 6.07) is 6.24. The van der Waals surface area contributed by atoms with Gasteiger partial charge in [-0.3, -0.25) is 0 Å². The Morgan fingerprint density at radius 3 is 2.89 bits per heavy atom. The van der Waals surface area contributed by atoms with Crippen molar-refractivity contribution < 1.29 is 0 Å². The second-order valence-corrected chi connectivity index (χ2v) is 7.20. The first-order chi connectivity index (χ1) is 9.20. The van der Waals surface area contributed by atoms with Gasteiger partial charge in [-0.05, 0) is 55.3 Å². The Balaban J connectivity index is 2.08. The van der Waals surface area contributed by atoms with Gasteiger partial charge in [-0.25, -0.2) is 0 Å². The Morgan fingerprint density at radius 2 is 2.21 bits per heavy atom. The first-order valence-electron chi connectivity index (χ1n) is 6.99. The van der Waals surface area contributed by atoms with E-state index in [1.54, 1.807) is 0 Å². The molecule has 1 aromatic carbocycles. The van der Waals surface area contributed by atoms with Crippen LogP contribution in [0.25, 0.3) is 0 Å². The van der Waals surface area contributed by atoms with Crippen LogP contribution in [0.1, 0.15) is 31.7 Å². The van der Waals surface area contributed by atoms with E-state index in [4.69, 9.17) is 23.2 Å². The van der Waals surface area contributed by atoms with Crippen LogP contribution in [-0.4, -0.2) is 23.6 Å². The van der Waals surface area contributed by atoms with Crippen LogP contribution in [0.5, 0.6) is 0 Å². The number of hydrogen-bond donors (Lipinski definition) is 1. The number of rotatable bonds is 5. The highest BCUT2D eigenvalue weighted by molar-refractivity contribution is 8.00. The first kappa shape index (κ1) is 15.5. The Bertz CT molecular complexity index is 405. The molecule has 2 rings (SSSR count). The molecule has 0 aromatic heterocycles. The number of likely N-dealkylation sites (N-methyl/N-ethyl adjacent to an activating group) is 1. The summed E-state index contributed by atoms with van der Waals surface area (Å²) in [4.78, 5) is 0. The molecule has 1 fully saturated rings. The molecule has 0 bridgehead atoms. The van der Waals surface area contributed by atoms with Crippen molar-refractivity contribution in [3.05, 3.63) is 33.8 Å². The SMILES string of the molecule is CCNC(Cc1cc(Cl)ccc1Cl)C1CCCCS1. The molecular weight excluding hydrogens is 297 g/mol. The third-order valence-electron chi connectivity index (χ3n) is 3.58. The molecule has 1 N–H and O–H groups in total. The van der Waals surface area contributed by atoms with Crippen molar-refractivity contribution in [3.63, 3.8) is 0 Å². The maximum absolute atomic E-state index is 6.29. The topological polar surface area (TPSA) is 12.0 Å². The van der Waals surface area contributed by atoms with Crippen molar-refractivity contribution in [2.24, 2.45) is 0 Å². The molecule has 0 amide bonds. The average molecular weight is 318 g/mol. The molecule has 4 heteroatoms. The van der Waals surface area contributed by atoms with Crippen molar-refractivity contribution in [2.45, 2.75) is 43.9 Å². The van der Waals surface area contributed by atoms with Crippen LogP contribution in [0.2, 0.25) is 10.0 Å². The average Bonchev–Trinajstić information content (AvgIpc) is 2.43.